The van der Waals surface area contributed by atoms with E-state index in [0.717, 1.165) is 13.0 Å². The lowest BCUT2D eigenvalue weighted by molar-refractivity contribution is 0.0612. The van der Waals surface area contributed by atoms with Gasteiger partial charge in [0.1, 0.15) is 0 Å². The van der Waals surface area contributed by atoms with Crippen LogP contribution in [-0.2, 0) is 11.2 Å². The normalized spacial score (nSPS) is 12.6. The molecule has 1 aromatic heterocycles. The monoisotopic (exact) mass is 261 g/mol. The minimum absolute atomic E-state index is 0.00450. The molecule has 0 bridgehead atoms. The van der Waals surface area contributed by atoms with Gasteiger partial charge in [-0.15, -0.1) is 11.3 Å². The van der Waals surface area contributed by atoms with Gasteiger partial charge in [-0.1, -0.05) is 35.9 Å². The maximum absolute atomic E-state index is 5.89. The summed E-state index contributed by atoms with van der Waals surface area (Å²) in [6, 6.07) is 12.6. The molecule has 2 nitrogen and oxygen atoms in total. The molecule has 1 unspecified atom stereocenters. The minimum Gasteiger partial charge on any atom is -0.372 e. The average molecular weight is 261 g/mol. The Balaban J connectivity index is 1.89. The standard InChI is InChI=1S/C15H19NOS/c1-12-4-2-5-13(10-12)15(11-16)17-8-7-14-6-3-9-18-14/h2-6,9-10,15H,7-8,11,16H2,1H3. The highest BCUT2D eigenvalue weighted by Crippen LogP contribution is 2.18. The lowest BCUT2D eigenvalue weighted by atomic mass is 10.1. The van der Waals surface area contributed by atoms with Crippen molar-refractivity contribution in [3.05, 3.63) is 57.8 Å². The molecule has 0 saturated heterocycles. The molecule has 0 spiro atoms. The first kappa shape index (κ1) is 13.3. The molecule has 2 aromatic rings. The predicted molar refractivity (Wildman–Crippen MR) is 76.9 cm³/mol. The van der Waals surface area contributed by atoms with Gasteiger partial charge in [0.05, 0.1) is 12.7 Å². The van der Waals surface area contributed by atoms with Crippen LogP contribution in [0.4, 0.5) is 0 Å². The molecule has 0 aliphatic rings. The Labute approximate surface area is 112 Å². The first-order chi connectivity index (χ1) is 8.79. The van der Waals surface area contributed by atoms with Gasteiger partial charge in [0.2, 0.25) is 0 Å². The summed E-state index contributed by atoms with van der Waals surface area (Å²) < 4.78 is 5.89. The molecular formula is C15H19NOS. The summed E-state index contributed by atoms with van der Waals surface area (Å²) in [4.78, 5) is 1.36. The molecule has 3 heteroatoms. The van der Waals surface area contributed by atoms with Crippen molar-refractivity contribution >= 4 is 11.3 Å². The third-order valence-electron chi connectivity index (χ3n) is 2.88. The Morgan fingerprint density at radius 3 is 2.83 bits per heavy atom. The molecular weight excluding hydrogens is 242 g/mol. The van der Waals surface area contributed by atoms with Crippen LogP contribution in [0.25, 0.3) is 0 Å². The molecule has 1 aromatic carbocycles. The highest BCUT2D eigenvalue weighted by molar-refractivity contribution is 7.09. The molecule has 96 valence electrons. The van der Waals surface area contributed by atoms with Gasteiger partial charge < -0.3 is 10.5 Å². The third kappa shape index (κ3) is 3.67. The van der Waals surface area contributed by atoms with Crippen molar-refractivity contribution in [2.75, 3.05) is 13.2 Å². The van der Waals surface area contributed by atoms with E-state index in [1.807, 2.05) is 0 Å². The second-order valence-corrected chi connectivity index (χ2v) is 5.37. The van der Waals surface area contributed by atoms with Crippen molar-refractivity contribution in [1.82, 2.24) is 0 Å². The maximum Gasteiger partial charge on any atom is 0.0947 e. The fraction of sp³-hybridized carbons (Fsp3) is 0.333. The molecule has 0 fully saturated rings. The quantitative estimate of drug-likeness (QED) is 0.865. The zero-order chi connectivity index (χ0) is 12.8. The first-order valence-electron chi connectivity index (χ1n) is 6.20. The van der Waals surface area contributed by atoms with Crippen LogP contribution in [0.15, 0.2) is 41.8 Å². The molecule has 1 heterocycles. The van der Waals surface area contributed by atoms with Crippen LogP contribution in [0.1, 0.15) is 22.1 Å². The van der Waals surface area contributed by atoms with E-state index in [9.17, 15) is 0 Å². The SMILES string of the molecule is Cc1cccc(C(CN)OCCc2cccs2)c1. The Morgan fingerprint density at radius 2 is 2.17 bits per heavy atom. The molecule has 0 radical (unpaired) electrons. The van der Waals surface area contributed by atoms with Gasteiger partial charge in [-0.25, -0.2) is 0 Å². The molecule has 2 rings (SSSR count). The number of hydrogen-bond donors (Lipinski definition) is 1. The lowest BCUT2D eigenvalue weighted by Crippen LogP contribution is -2.17. The predicted octanol–water partition coefficient (Wildman–Crippen LogP) is 3.32. The molecule has 2 N–H and O–H groups in total. The highest BCUT2D eigenvalue weighted by atomic mass is 32.1. The molecule has 18 heavy (non-hydrogen) atoms. The van der Waals surface area contributed by atoms with E-state index >= 15 is 0 Å². The summed E-state index contributed by atoms with van der Waals surface area (Å²) in [5.41, 5.74) is 8.21. The van der Waals surface area contributed by atoms with Gasteiger partial charge in [-0.05, 0) is 23.9 Å². The van der Waals surface area contributed by atoms with E-state index in [1.165, 1.54) is 16.0 Å². The molecule has 1 atom stereocenters. The van der Waals surface area contributed by atoms with Crippen molar-refractivity contribution in [3.63, 3.8) is 0 Å². The summed E-state index contributed by atoms with van der Waals surface area (Å²) >= 11 is 1.77. The number of thiophene rings is 1. The zero-order valence-electron chi connectivity index (χ0n) is 10.6. The lowest BCUT2D eigenvalue weighted by Gasteiger charge is -2.16. The van der Waals surface area contributed by atoms with Crippen LogP contribution in [0.5, 0.6) is 0 Å². The maximum atomic E-state index is 5.89. The van der Waals surface area contributed by atoms with Crippen molar-refractivity contribution in [2.24, 2.45) is 5.73 Å². The van der Waals surface area contributed by atoms with Crippen LogP contribution in [0, 0.1) is 6.92 Å². The number of benzene rings is 1. The van der Waals surface area contributed by atoms with E-state index in [-0.39, 0.29) is 6.10 Å². The van der Waals surface area contributed by atoms with E-state index in [1.54, 1.807) is 11.3 Å². The van der Waals surface area contributed by atoms with E-state index in [0.29, 0.717) is 6.54 Å². The van der Waals surface area contributed by atoms with Crippen LogP contribution in [0.2, 0.25) is 0 Å². The molecule has 0 saturated carbocycles. The number of ether oxygens (including phenoxy) is 1. The van der Waals surface area contributed by atoms with Gasteiger partial charge >= 0.3 is 0 Å². The molecule has 0 aliphatic carbocycles. The summed E-state index contributed by atoms with van der Waals surface area (Å²) in [6.45, 7) is 3.33. The second kappa shape index (κ2) is 6.69. The average Bonchev–Trinajstić information content (AvgIpc) is 2.88. The van der Waals surface area contributed by atoms with Gasteiger partial charge in [-0.3, -0.25) is 0 Å². The number of aryl methyl sites for hydroxylation is 1. The van der Waals surface area contributed by atoms with Gasteiger partial charge in [0, 0.05) is 17.8 Å². The number of nitrogens with two attached hydrogens (primary N) is 1. The summed E-state index contributed by atoms with van der Waals surface area (Å²) in [5.74, 6) is 0. The second-order valence-electron chi connectivity index (χ2n) is 4.34. The van der Waals surface area contributed by atoms with Gasteiger partial charge in [0.25, 0.3) is 0 Å². The Bertz CT molecular complexity index is 467. The van der Waals surface area contributed by atoms with Crippen molar-refractivity contribution in [3.8, 4) is 0 Å². The number of rotatable bonds is 6. The smallest absolute Gasteiger partial charge is 0.0947 e. The molecule has 0 amide bonds. The first-order valence-corrected chi connectivity index (χ1v) is 7.08. The van der Waals surface area contributed by atoms with Crippen LogP contribution >= 0.6 is 11.3 Å². The molecule has 0 aliphatic heterocycles. The minimum atomic E-state index is 0.00450. The van der Waals surface area contributed by atoms with Crippen molar-refractivity contribution < 1.29 is 4.74 Å². The Kier molecular flexibility index (Phi) is 4.93. The fourth-order valence-electron chi connectivity index (χ4n) is 1.93. The van der Waals surface area contributed by atoms with Crippen molar-refractivity contribution in [1.29, 1.82) is 0 Å². The van der Waals surface area contributed by atoms with Crippen LogP contribution in [-0.4, -0.2) is 13.2 Å². The number of hydrogen-bond acceptors (Lipinski definition) is 3. The third-order valence-corrected chi connectivity index (χ3v) is 3.81. The Morgan fingerprint density at radius 1 is 1.28 bits per heavy atom. The highest BCUT2D eigenvalue weighted by Gasteiger charge is 2.10. The Hall–Kier alpha value is -1.16. The largest absolute Gasteiger partial charge is 0.372 e. The van der Waals surface area contributed by atoms with E-state index < -0.39 is 0 Å². The van der Waals surface area contributed by atoms with E-state index in [2.05, 4.69) is 48.7 Å². The summed E-state index contributed by atoms with van der Waals surface area (Å²) in [7, 11) is 0. The van der Waals surface area contributed by atoms with Gasteiger partial charge in [-0.2, -0.15) is 0 Å². The van der Waals surface area contributed by atoms with E-state index in [4.69, 9.17) is 10.5 Å². The topological polar surface area (TPSA) is 35.2 Å². The summed E-state index contributed by atoms with van der Waals surface area (Å²) in [6.07, 6.45) is 0.963. The summed E-state index contributed by atoms with van der Waals surface area (Å²) in [5, 5.41) is 2.09. The van der Waals surface area contributed by atoms with Gasteiger partial charge in [0.15, 0.2) is 0 Å². The van der Waals surface area contributed by atoms with Crippen LogP contribution < -0.4 is 5.73 Å². The van der Waals surface area contributed by atoms with Crippen LogP contribution in [0.3, 0.4) is 0 Å². The zero-order valence-corrected chi connectivity index (χ0v) is 11.5. The van der Waals surface area contributed by atoms with Crippen molar-refractivity contribution in [2.45, 2.75) is 19.4 Å². The fourth-order valence-corrected chi connectivity index (χ4v) is 2.62.